The number of aliphatic hydroxyl groups is 1. The maximum absolute atomic E-state index is 11.6. The molecule has 6 rings (SSSR count). The molecule has 1 fully saturated rings. The predicted molar refractivity (Wildman–Crippen MR) is 177 cm³/mol. The lowest BCUT2D eigenvalue weighted by atomic mass is 9.96. The van der Waals surface area contributed by atoms with Crippen molar-refractivity contribution in [3.8, 4) is 0 Å². The lowest BCUT2D eigenvalue weighted by Gasteiger charge is -2.45. The lowest BCUT2D eigenvalue weighted by molar-refractivity contribution is -0.320. The van der Waals surface area contributed by atoms with Crippen molar-refractivity contribution in [2.24, 2.45) is 0 Å². The summed E-state index contributed by atoms with van der Waals surface area (Å²) in [5.41, 5.74) is 4.98. The zero-order chi connectivity index (χ0) is 31.4. The van der Waals surface area contributed by atoms with Gasteiger partial charge in [-0.15, -0.1) is 0 Å². The van der Waals surface area contributed by atoms with Crippen LogP contribution in [0.4, 0.5) is 0 Å². The van der Waals surface area contributed by atoms with Crippen LogP contribution in [0.15, 0.2) is 152 Å². The Bertz CT molecular complexity index is 1510. The molecule has 6 nitrogen and oxygen atoms in total. The van der Waals surface area contributed by atoms with Gasteiger partial charge in [0.2, 0.25) is 0 Å². The molecule has 0 aliphatic carbocycles. The molecule has 0 saturated carbocycles. The van der Waals surface area contributed by atoms with E-state index < -0.39 is 36.8 Å². The van der Waals surface area contributed by atoms with Crippen molar-refractivity contribution in [3.63, 3.8) is 0 Å². The van der Waals surface area contributed by atoms with Crippen molar-refractivity contribution in [2.45, 2.75) is 56.6 Å². The first-order valence-electron chi connectivity index (χ1n) is 15.8. The molecule has 5 aromatic carbocycles. The third kappa shape index (κ3) is 8.56. The topological polar surface area (TPSA) is 66.4 Å². The standard InChI is InChI=1S/C40H40O6/c41-40-39(46-36(33-22-12-4-13-23-33)34-24-14-5-15-25-34)38(44-28-32-20-10-3-11-21-32)37(43-27-31-18-8-2-9-19-31)35(45-40)29-42-26-30-16-6-1-7-17-30/h1-25,35-41H,26-29H2/t35-,37-,38+,39-,40+/m1/s1. The van der Waals surface area contributed by atoms with Crippen LogP contribution in [0.25, 0.3) is 0 Å². The minimum absolute atomic E-state index is 0.199. The third-order valence-electron chi connectivity index (χ3n) is 8.07. The Morgan fingerprint density at radius 1 is 0.500 bits per heavy atom. The SMILES string of the molecule is O[C@H]1O[C@H](COCc2ccccc2)[C@@H](OCc2ccccc2)[C@H](OCc2ccccc2)[C@H]1OC(c1ccccc1)c1ccccc1. The van der Waals surface area contributed by atoms with Gasteiger partial charge in [0.1, 0.15) is 30.5 Å². The van der Waals surface area contributed by atoms with E-state index in [4.69, 9.17) is 23.7 Å². The highest BCUT2D eigenvalue weighted by Crippen LogP contribution is 2.35. The summed E-state index contributed by atoms with van der Waals surface area (Å²) in [6.07, 6.45) is -4.56. The van der Waals surface area contributed by atoms with Gasteiger partial charge in [0, 0.05) is 0 Å². The molecule has 5 aromatic rings. The van der Waals surface area contributed by atoms with Crippen LogP contribution in [0.5, 0.6) is 0 Å². The van der Waals surface area contributed by atoms with E-state index in [2.05, 4.69) is 0 Å². The molecule has 1 N–H and O–H groups in total. The van der Waals surface area contributed by atoms with Gasteiger partial charge in [-0.1, -0.05) is 152 Å². The highest BCUT2D eigenvalue weighted by Gasteiger charge is 2.49. The molecule has 1 heterocycles. The van der Waals surface area contributed by atoms with E-state index in [0.717, 1.165) is 27.8 Å². The van der Waals surface area contributed by atoms with Crippen LogP contribution in [-0.2, 0) is 43.5 Å². The van der Waals surface area contributed by atoms with Gasteiger partial charge < -0.3 is 28.8 Å². The molecule has 1 aliphatic rings. The third-order valence-corrected chi connectivity index (χ3v) is 8.07. The average molecular weight is 617 g/mol. The van der Waals surface area contributed by atoms with Gasteiger partial charge in [0.15, 0.2) is 6.29 Å². The van der Waals surface area contributed by atoms with Crippen molar-refractivity contribution in [2.75, 3.05) is 6.61 Å². The van der Waals surface area contributed by atoms with Crippen molar-refractivity contribution < 1.29 is 28.8 Å². The highest BCUT2D eigenvalue weighted by atomic mass is 16.7. The number of benzene rings is 5. The van der Waals surface area contributed by atoms with E-state index in [1.54, 1.807) is 0 Å². The molecule has 0 radical (unpaired) electrons. The summed E-state index contributed by atoms with van der Waals surface area (Å²) >= 11 is 0. The second kappa shape index (κ2) is 16.4. The van der Waals surface area contributed by atoms with Crippen LogP contribution in [0.1, 0.15) is 33.9 Å². The van der Waals surface area contributed by atoms with Gasteiger partial charge in [0.25, 0.3) is 0 Å². The van der Waals surface area contributed by atoms with Gasteiger partial charge in [0.05, 0.1) is 26.4 Å². The molecular weight excluding hydrogens is 576 g/mol. The first kappa shape index (κ1) is 31.8. The maximum Gasteiger partial charge on any atom is 0.184 e. The Morgan fingerprint density at radius 2 is 0.913 bits per heavy atom. The van der Waals surface area contributed by atoms with Gasteiger partial charge in [-0.2, -0.15) is 0 Å². The first-order valence-corrected chi connectivity index (χ1v) is 15.8. The molecule has 1 aliphatic heterocycles. The van der Waals surface area contributed by atoms with E-state index in [1.807, 2.05) is 152 Å². The summed E-state index contributed by atoms with van der Waals surface area (Å²) in [6.45, 7) is 1.24. The van der Waals surface area contributed by atoms with Gasteiger partial charge in [-0.3, -0.25) is 0 Å². The molecule has 5 atom stereocenters. The molecule has 0 amide bonds. The van der Waals surface area contributed by atoms with Gasteiger partial charge >= 0.3 is 0 Å². The number of rotatable bonds is 14. The van der Waals surface area contributed by atoms with E-state index in [1.165, 1.54) is 0 Å². The number of aliphatic hydroxyl groups excluding tert-OH is 1. The van der Waals surface area contributed by atoms with E-state index in [0.29, 0.717) is 19.8 Å². The molecule has 0 bridgehead atoms. The van der Waals surface area contributed by atoms with Crippen LogP contribution in [0.2, 0.25) is 0 Å². The Labute approximate surface area is 271 Å². The molecule has 6 heteroatoms. The predicted octanol–water partition coefficient (Wildman–Crippen LogP) is 7.27. The average Bonchev–Trinajstić information content (AvgIpc) is 3.12. The Hall–Kier alpha value is -4.14. The Balaban J connectivity index is 1.31. The van der Waals surface area contributed by atoms with E-state index in [9.17, 15) is 5.11 Å². The van der Waals surface area contributed by atoms with Gasteiger partial charge in [-0.25, -0.2) is 0 Å². The van der Waals surface area contributed by atoms with Crippen LogP contribution >= 0.6 is 0 Å². The minimum atomic E-state index is -1.29. The van der Waals surface area contributed by atoms with Crippen molar-refractivity contribution in [3.05, 3.63) is 179 Å². The fourth-order valence-electron chi connectivity index (χ4n) is 5.73. The van der Waals surface area contributed by atoms with Crippen LogP contribution in [-0.4, -0.2) is 42.4 Å². The summed E-state index contributed by atoms with van der Waals surface area (Å²) in [5, 5.41) is 11.6. The monoisotopic (exact) mass is 616 g/mol. The summed E-state index contributed by atoms with van der Waals surface area (Å²) in [7, 11) is 0. The van der Waals surface area contributed by atoms with Crippen molar-refractivity contribution in [1.82, 2.24) is 0 Å². The maximum atomic E-state index is 11.6. The molecule has 0 unspecified atom stereocenters. The largest absolute Gasteiger partial charge is 0.374 e. The molecule has 0 spiro atoms. The second-order valence-electron chi connectivity index (χ2n) is 11.4. The zero-order valence-electron chi connectivity index (χ0n) is 25.7. The molecular formula is C40H40O6. The normalized spacial score (nSPS) is 21.3. The molecule has 236 valence electrons. The zero-order valence-corrected chi connectivity index (χ0v) is 25.7. The van der Waals surface area contributed by atoms with E-state index >= 15 is 0 Å². The number of ether oxygens (including phenoxy) is 5. The Kier molecular flexibility index (Phi) is 11.4. The fraction of sp³-hybridized carbons (Fsp3) is 0.250. The van der Waals surface area contributed by atoms with Crippen molar-refractivity contribution >= 4 is 0 Å². The van der Waals surface area contributed by atoms with Crippen LogP contribution in [0.3, 0.4) is 0 Å². The lowest BCUT2D eigenvalue weighted by Crippen LogP contribution is -2.61. The summed E-state index contributed by atoms with van der Waals surface area (Å²) in [5.74, 6) is 0. The summed E-state index contributed by atoms with van der Waals surface area (Å²) in [6, 6.07) is 49.9. The first-order chi connectivity index (χ1) is 22.7. The highest BCUT2D eigenvalue weighted by molar-refractivity contribution is 5.30. The van der Waals surface area contributed by atoms with Crippen LogP contribution in [0, 0.1) is 0 Å². The molecule has 46 heavy (non-hydrogen) atoms. The summed E-state index contributed by atoms with van der Waals surface area (Å²) in [4.78, 5) is 0. The second-order valence-corrected chi connectivity index (χ2v) is 11.4. The Morgan fingerprint density at radius 3 is 1.39 bits per heavy atom. The molecule has 0 aromatic heterocycles. The number of hydrogen-bond donors (Lipinski definition) is 1. The summed E-state index contributed by atoms with van der Waals surface area (Å²) < 4.78 is 32.6. The van der Waals surface area contributed by atoms with Crippen LogP contribution < -0.4 is 0 Å². The van der Waals surface area contributed by atoms with Crippen molar-refractivity contribution in [1.29, 1.82) is 0 Å². The quantitative estimate of drug-likeness (QED) is 0.142. The molecule has 1 saturated heterocycles. The van der Waals surface area contributed by atoms with Gasteiger partial charge in [-0.05, 0) is 27.8 Å². The number of hydrogen-bond acceptors (Lipinski definition) is 6. The smallest absolute Gasteiger partial charge is 0.184 e. The fourth-order valence-corrected chi connectivity index (χ4v) is 5.73. The van der Waals surface area contributed by atoms with E-state index in [-0.39, 0.29) is 6.61 Å². The minimum Gasteiger partial charge on any atom is -0.374 e.